The molecule has 0 radical (unpaired) electrons. The lowest BCUT2D eigenvalue weighted by molar-refractivity contribution is -0.116. The third-order valence-electron chi connectivity index (χ3n) is 2.86. The van der Waals surface area contributed by atoms with Crippen LogP contribution in [0.5, 0.6) is 11.5 Å². The van der Waals surface area contributed by atoms with Gasteiger partial charge >= 0.3 is 0 Å². The van der Waals surface area contributed by atoms with Crippen LogP contribution in [0.15, 0.2) is 35.0 Å². The first-order chi connectivity index (χ1) is 9.71. The van der Waals surface area contributed by atoms with E-state index in [2.05, 4.69) is 10.7 Å². The maximum Gasteiger partial charge on any atom is 0.224 e. The SMILES string of the molecule is COc1cc(NC(=O)CCc2ccsc2)cc(OC)c1. The van der Waals surface area contributed by atoms with E-state index >= 15 is 0 Å². The number of nitrogens with one attached hydrogen (secondary N) is 1. The summed E-state index contributed by atoms with van der Waals surface area (Å²) in [5, 5.41) is 6.93. The molecule has 1 N–H and O–H groups in total. The van der Waals surface area contributed by atoms with Crippen molar-refractivity contribution in [3.63, 3.8) is 0 Å². The van der Waals surface area contributed by atoms with Gasteiger partial charge in [0.1, 0.15) is 11.5 Å². The largest absolute Gasteiger partial charge is 0.497 e. The molecule has 5 heteroatoms. The number of rotatable bonds is 6. The summed E-state index contributed by atoms with van der Waals surface area (Å²) in [6.45, 7) is 0. The second kappa shape index (κ2) is 6.96. The van der Waals surface area contributed by atoms with E-state index < -0.39 is 0 Å². The van der Waals surface area contributed by atoms with Crippen LogP contribution in [0.2, 0.25) is 0 Å². The van der Waals surface area contributed by atoms with Crippen molar-refractivity contribution in [1.29, 1.82) is 0 Å². The van der Waals surface area contributed by atoms with E-state index in [9.17, 15) is 4.79 Å². The molecule has 4 nitrogen and oxygen atoms in total. The summed E-state index contributed by atoms with van der Waals surface area (Å²) in [4.78, 5) is 11.9. The summed E-state index contributed by atoms with van der Waals surface area (Å²) >= 11 is 1.64. The van der Waals surface area contributed by atoms with E-state index in [1.54, 1.807) is 43.8 Å². The van der Waals surface area contributed by atoms with Gasteiger partial charge in [0.2, 0.25) is 5.91 Å². The Morgan fingerprint density at radius 3 is 2.45 bits per heavy atom. The topological polar surface area (TPSA) is 47.6 Å². The molecule has 1 aromatic heterocycles. The maximum atomic E-state index is 11.9. The van der Waals surface area contributed by atoms with Gasteiger partial charge in [-0.3, -0.25) is 4.79 Å². The van der Waals surface area contributed by atoms with Gasteiger partial charge in [0.05, 0.1) is 14.2 Å². The second-order valence-corrected chi connectivity index (χ2v) is 5.06. The van der Waals surface area contributed by atoms with Crippen molar-refractivity contribution in [2.24, 2.45) is 0 Å². The van der Waals surface area contributed by atoms with Crippen LogP contribution in [-0.2, 0) is 11.2 Å². The van der Waals surface area contributed by atoms with Crippen LogP contribution in [0.1, 0.15) is 12.0 Å². The highest BCUT2D eigenvalue weighted by molar-refractivity contribution is 7.07. The van der Waals surface area contributed by atoms with Crippen LogP contribution >= 0.6 is 11.3 Å². The van der Waals surface area contributed by atoms with Gasteiger partial charge in [-0.1, -0.05) is 0 Å². The number of hydrogen-bond acceptors (Lipinski definition) is 4. The number of carbonyl (C=O) groups is 1. The zero-order chi connectivity index (χ0) is 14.4. The van der Waals surface area contributed by atoms with Crippen molar-refractivity contribution in [2.45, 2.75) is 12.8 Å². The molecule has 2 rings (SSSR count). The number of hydrogen-bond donors (Lipinski definition) is 1. The molecule has 0 spiro atoms. The van der Waals surface area contributed by atoms with E-state index in [-0.39, 0.29) is 5.91 Å². The van der Waals surface area contributed by atoms with Gasteiger partial charge < -0.3 is 14.8 Å². The summed E-state index contributed by atoms with van der Waals surface area (Å²) in [6.07, 6.45) is 1.20. The fraction of sp³-hybridized carbons (Fsp3) is 0.267. The molecule has 0 saturated carbocycles. The average Bonchev–Trinajstić information content (AvgIpc) is 2.98. The lowest BCUT2D eigenvalue weighted by atomic mass is 10.2. The van der Waals surface area contributed by atoms with E-state index in [4.69, 9.17) is 9.47 Å². The summed E-state index contributed by atoms with van der Waals surface area (Å²) < 4.78 is 10.3. The van der Waals surface area contributed by atoms with Gasteiger partial charge in [-0.15, -0.1) is 0 Å². The van der Waals surface area contributed by atoms with Crippen molar-refractivity contribution in [3.05, 3.63) is 40.6 Å². The van der Waals surface area contributed by atoms with E-state index in [1.165, 1.54) is 5.56 Å². The van der Waals surface area contributed by atoms with Crippen LogP contribution in [0.4, 0.5) is 5.69 Å². The number of ether oxygens (including phenoxy) is 2. The number of aryl methyl sites for hydroxylation is 1. The Morgan fingerprint density at radius 1 is 1.20 bits per heavy atom. The molecule has 0 aliphatic rings. The number of amides is 1. The molecular weight excluding hydrogens is 274 g/mol. The molecular formula is C15H17NO3S. The van der Waals surface area contributed by atoms with Crippen molar-refractivity contribution in [2.75, 3.05) is 19.5 Å². The van der Waals surface area contributed by atoms with Gasteiger partial charge in [-0.05, 0) is 28.8 Å². The summed E-state index contributed by atoms with van der Waals surface area (Å²) in [5.74, 6) is 1.28. The van der Waals surface area contributed by atoms with Crippen molar-refractivity contribution >= 4 is 22.9 Å². The molecule has 1 aromatic carbocycles. The van der Waals surface area contributed by atoms with E-state index in [0.717, 1.165) is 6.42 Å². The zero-order valence-corrected chi connectivity index (χ0v) is 12.3. The highest BCUT2D eigenvalue weighted by Crippen LogP contribution is 2.25. The molecule has 0 bridgehead atoms. The maximum absolute atomic E-state index is 11.9. The molecule has 1 amide bonds. The Kier molecular flexibility index (Phi) is 5.01. The van der Waals surface area contributed by atoms with Gasteiger partial charge in [0, 0.05) is 30.3 Å². The zero-order valence-electron chi connectivity index (χ0n) is 11.5. The first-order valence-electron chi connectivity index (χ1n) is 6.25. The summed E-state index contributed by atoms with van der Waals surface area (Å²) in [7, 11) is 3.16. The Labute approximate surface area is 122 Å². The third kappa shape index (κ3) is 3.99. The Hall–Kier alpha value is -2.01. The van der Waals surface area contributed by atoms with Gasteiger partial charge in [0.25, 0.3) is 0 Å². The molecule has 0 aliphatic heterocycles. The van der Waals surface area contributed by atoms with Gasteiger partial charge in [0.15, 0.2) is 0 Å². The molecule has 2 aromatic rings. The fourth-order valence-electron chi connectivity index (χ4n) is 1.80. The van der Waals surface area contributed by atoms with Gasteiger partial charge in [-0.25, -0.2) is 0 Å². The first kappa shape index (κ1) is 14.4. The van der Waals surface area contributed by atoms with Crippen LogP contribution in [0, 0.1) is 0 Å². The lowest BCUT2D eigenvalue weighted by Gasteiger charge is -2.09. The lowest BCUT2D eigenvalue weighted by Crippen LogP contribution is -2.12. The number of carbonyl (C=O) groups excluding carboxylic acids is 1. The molecule has 0 fully saturated rings. The van der Waals surface area contributed by atoms with Gasteiger partial charge in [-0.2, -0.15) is 11.3 Å². The second-order valence-electron chi connectivity index (χ2n) is 4.28. The Balaban J connectivity index is 1.96. The highest BCUT2D eigenvalue weighted by atomic mass is 32.1. The smallest absolute Gasteiger partial charge is 0.224 e. The first-order valence-corrected chi connectivity index (χ1v) is 7.19. The van der Waals surface area contributed by atoms with E-state index in [0.29, 0.717) is 23.6 Å². The average molecular weight is 291 g/mol. The molecule has 0 saturated heterocycles. The monoisotopic (exact) mass is 291 g/mol. The molecule has 1 heterocycles. The van der Waals surface area contributed by atoms with E-state index in [1.807, 2.05) is 11.4 Å². The standard InChI is InChI=1S/C15H17NO3S/c1-18-13-7-12(8-14(9-13)19-2)16-15(17)4-3-11-5-6-20-10-11/h5-10H,3-4H2,1-2H3,(H,16,17). The van der Waals surface area contributed by atoms with Crippen LogP contribution in [-0.4, -0.2) is 20.1 Å². The molecule has 0 aliphatic carbocycles. The quantitative estimate of drug-likeness (QED) is 0.888. The summed E-state index contributed by atoms with van der Waals surface area (Å²) in [6, 6.07) is 7.34. The normalized spacial score (nSPS) is 10.1. The van der Waals surface area contributed by atoms with Crippen molar-refractivity contribution in [1.82, 2.24) is 0 Å². The molecule has 20 heavy (non-hydrogen) atoms. The number of anilines is 1. The number of thiophene rings is 1. The fourth-order valence-corrected chi connectivity index (χ4v) is 2.50. The number of methoxy groups -OCH3 is 2. The third-order valence-corrected chi connectivity index (χ3v) is 3.59. The number of benzene rings is 1. The summed E-state index contributed by atoms with van der Waals surface area (Å²) in [5.41, 5.74) is 1.87. The minimum atomic E-state index is -0.0218. The van der Waals surface area contributed by atoms with Crippen molar-refractivity contribution < 1.29 is 14.3 Å². The van der Waals surface area contributed by atoms with Crippen molar-refractivity contribution in [3.8, 4) is 11.5 Å². The van der Waals surface area contributed by atoms with Crippen LogP contribution in [0.3, 0.4) is 0 Å². The minimum Gasteiger partial charge on any atom is -0.497 e. The predicted molar refractivity (Wildman–Crippen MR) is 80.8 cm³/mol. The minimum absolute atomic E-state index is 0.0218. The molecule has 0 unspecified atom stereocenters. The highest BCUT2D eigenvalue weighted by Gasteiger charge is 2.06. The van der Waals surface area contributed by atoms with Crippen LogP contribution in [0.25, 0.3) is 0 Å². The molecule has 106 valence electrons. The Morgan fingerprint density at radius 2 is 1.90 bits per heavy atom. The Bertz CT molecular complexity index is 544. The predicted octanol–water partition coefficient (Wildman–Crippen LogP) is 3.34. The van der Waals surface area contributed by atoms with Crippen LogP contribution < -0.4 is 14.8 Å². The molecule has 0 atom stereocenters.